The van der Waals surface area contributed by atoms with E-state index in [2.05, 4.69) is 35.7 Å². The van der Waals surface area contributed by atoms with Crippen molar-refractivity contribution in [1.82, 2.24) is 0 Å². The summed E-state index contributed by atoms with van der Waals surface area (Å²) in [5, 5.41) is 0. The third-order valence-corrected chi connectivity index (χ3v) is 9.69. The molecule has 0 saturated heterocycles. The Kier molecular flexibility index (Phi) is 14.4. The number of hydrogen-bond donors (Lipinski definition) is 0. The van der Waals surface area contributed by atoms with Crippen molar-refractivity contribution in [2.24, 2.45) is 0 Å². The smallest absolute Gasteiger partial charge is 0.0187 e. The highest BCUT2D eigenvalue weighted by molar-refractivity contribution is 7.98. The predicted molar refractivity (Wildman–Crippen MR) is 149 cm³/mol. The number of aryl methyl sites for hydroxylation is 2. The molecule has 0 unspecified atom stereocenters. The molecule has 2 aliphatic carbocycles. The van der Waals surface area contributed by atoms with Crippen molar-refractivity contribution in [3.8, 4) is 0 Å². The van der Waals surface area contributed by atoms with Crippen molar-refractivity contribution in [1.29, 1.82) is 0 Å². The molecular weight excluding hydrogens is 424 g/mol. The second-order valence-electron chi connectivity index (χ2n) is 10.4. The highest BCUT2D eigenvalue weighted by Gasteiger charge is 2.12. The molecule has 0 nitrogen and oxygen atoms in total. The lowest BCUT2D eigenvalue weighted by atomic mass is 9.93. The SMILES string of the molecule is c1c2c3cc(c1CSCCCCCCCCCCSC3)CCCCCCCCCCCC2. The number of rotatable bonds is 0. The van der Waals surface area contributed by atoms with Gasteiger partial charge in [-0.1, -0.05) is 102 Å². The van der Waals surface area contributed by atoms with Crippen LogP contribution in [0, 0.1) is 0 Å². The summed E-state index contributed by atoms with van der Waals surface area (Å²) in [5.74, 6) is 5.20. The zero-order chi connectivity index (χ0) is 22.1. The fourth-order valence-corrected chi connectivity index (χ4v) is 7.49. The molecule has 0 amide bonds. The number of fused-ring (bicyclic) bond motifs is 11. The molecule has 0 aromatic heterocycles. The maximum absolute atomic E-state index is 2.67. The van der Waals surface area contributed by atoms with Crippen LogP contribution < -0.4 is 0 Å². The summed E-state index contributed by atoms with van der Waals surface area (Å²) in [6.45, 7) is 0. The molecule has 1 aromatic carbocycles. The third kappa shape index (κ3) is 10.9. The summed E-state index contributed by atoms with van der Waals surface area (Å²) in [5.41, 5.74) is 6.77. The van der Waals surface area contributed by atoms with Gasteiger partial charge in [0, 0.05) is 11.5 Å². The molecule has 1 aliphatic heterocycles. The zero-order valence-corrected chi connectivity index (χ0v) is 22.6. The van der Waals surface area contributed by atoms with Crippen LogP contribution >= 0.6 is 23.5 Å². The van der Waals surface area contributed by atoms with E-state index in [0.29, 0.717) is 0 Å². The largest absolute Gasteiger partial charge is 0.157 e. The topological polar surface area (TPSA) is 0 Å². The third-order valence-electron chi connectivity index (χ3n) is 7.51. The molecule has 4 bridgehead atoms. The van der Waals surface area contributed by atoms with E-state index in [-0.39, 0.29) is 0 Å². The predicted octanol–water partition coefficient (Wildman–Crippen LogP) is 10.3. The quantitative estimate of drug-likeness (QED) is 0.367. The Labute approximate surface area is 208 Å². The Balaban J connectivity index is 1.73. The van der Waals surface area contributed by atoms with Crippen LogP contribution in [0.5, 0.6) is 0 Å². The van der Waals surface area contributed by atoms with Crippen molar-refractivity contribution in [3.63, 3.8) is 0 Å². The van der Waals surface area contributed by atoms with Gasteiger partial charge in [0.1, 0.15) is 0 Å². The van der Waals surface area contributed by atoms with E-state index in [1.807, 2.05) is 0 Å². The second kappa shape index (κ2) is 17.4. The molecule has 4 rings (SSSR count). The minimum absolute atomic E-state index is 1.25. The molecular formula is C30H50S2. The fraction of sp³-hybridized carbons (Fsp3) is 0.800. The van der Waals surface area contributed by atoms with Crippen LogP contribution in [-0.2, 0) is 24.3 Å². The van der Waals surface area contributed by atoms with Crippen molar-refractivity contribution >= 4 is 23.5 Å². The van der Waals surface area contributed by atoms with E-state index < -0.39 is 0 Å². The van der Waals surface area contributed by atoms with E-state index in [1.54, 1.807) is 22.3 Å². The Bertz CT molecular complexity index is 555. The van der Waals surface area contributed by atoms with Crippen LogP contribution in [0.4, 0.5) is 0 Å². The molecule has 0 fully saturated rings. The van der Waals surface area contributed by atoms with Crippen molar-refractivity contribution in [3.05, 3.63) is 34.4 Å². The Morgan fingerprint density at radius 3 is 1.03 bits per heavy atom. The maximum Gasteiger partial charge on any atom is 0.0187 e. The van der Waals surface area contributed by atoms with Crippen LogP contribution in [0.25, 0.3) is 0 Å². The van der Waals surface area contributed by atoms with Gasteiger partial charge < -0.3 is 0 Å². The Morgan fingerprint density at radius 2 is 0.656 bits per heavy atom. The van der Waals surface area contributed by atoms with Crippen molar-refractivity contribution < 1.29 is 0 Å². The van der Waals surface area contributed by atoms with E-state index >= 15 is 0 Å². The van der Waals surface area contributed by atoms with Crippen LogP contribution in [0.3, 0.4) is 0 Å². The van der Waals surface area contributed by atoms with Gasteiger partial charge in [0.15, 0.2) is 0 Å². The molecule has 0 atom stereocenters. The summed E-state index contributed by atoms with van der Waals surface area (Å²) in [7, 11) is 0. The van der Waals surface area contributed by atoms with Crippen molar-refractivity contribution in [2.45, 2.75) is 140 Å². The minimum Gasteiger partial charge on any atom is -0.157 e. The first-order valence-electron chi connectivity index (χ1n) is 14.2. The Morgan fingerprint density at radius 1 is 0.344 bits per heavy atom. The van der Waals surface area contributed by atoms with Gasteiger partial charge in [-0.15, -0.1) is 0 Å². The summed E-state index contributed by atoms with van der Waals surface area (Å²) in [4.78, 5) is 0. The van der Waals surface area contributed by atoms with E-state index in [1.165, 1.54) is 151 Å². The summed E-state index contributed by atoms with van der Waals surface area (Å²) in [6.07, 6.45) is 28.6. The van der Waals surface area contributed by atoms with Gasteiger partial charge >= 0.3 is 0 Å². The first kappa shape index (κ1) is 26.5. The van der Waals surface area contributed by atoms with Gasteiger partial charge in [-0.25, -0.2) is 0 Å². The summed E-state index contributed by atoms with van der Waals surface area (Å²) in [6, 6.07) is 5.35. The first-order chi connectivity index (χ1) is 15.9. The number of hydrogen-bond acceptors (Lipinski definition) is 2. The first-order valence-corrected chi connectivity index (χ1v) is 16.5. The molecule has 182 valence electrons. The molecule has 3 aliphatic rings. The summed E-state index contributed by atoms with van der Waals surface area (Å²) < 4.78 is 0. The standard InChI is InChI=1S/C30H50S2/c1-2-4-8-12-16-20-28-24-29-25-31-21-17-13-9-5-6-10-14-18-22-32-26-30(28)23-27(29)19-15-11-7-3-1/h23-24H,1-22,25-26H2. The average molecular weight is 475 g/mol. The fourth-order valence-electron chi connectivity index (χ4n) is 5.40. The van der Waals surface area contributed by atoms with Gasteiger partial charge in [-0.05, 0) is 72.3 Å². The monoisotopic (exact) mass is 474 g/mol. The van der Waals surface area contributed by atoms with E-state index in [0.717, 1.165) is 0 Å². The highest BCUT2D eigenvalue weighted by Crippen LogP contribution is 2.29. The number of thioether (sulfide) groups is 2. The zero-order valence-electron chi connectivity index (χ0n) is 20.9. The van der Waals surface area contributed by atoms with Gasteiger partial charge in [0.25, 0.3) is 0 Å². The van der Waals surface area contributed by atoms with Gasteiger partial charge in [0.2, 0.25) is 0 Å². The molecule has 0 spiro atoms. The van der Waals surface area contributed by atoms with Gasteiger partial charge in [-0.2, -0.15) is 23.5 Å². The lowest BCUT2D eigenvalue weighted by Crippen LogP contribution is -2.03. The second-order valence-corrected chi connectivity index (χ2v) is 12.6. The maximum atomic E-state index is 2.67. The van der Waals surface area contributed by atoms with Crippen LogP contribution in [0.2, 0.25) is 0 Å². The van der Waals surface area contributed by atoms with Gasteiger partial charge in [0.05, 0.1) is 0 Å². The molecule has 2 heteroatoms. The van der Waals surface area contributed by atoms with Crippen LogP contribution in [0.1, 0.15) is 138 Å². The number of benzene rings is 1. The normalized spacial score (nSPS) is 22.2. The lowest BCUT2D eigenvalue weighted by Gasteiger charge is -2.18. The molecule has 1 heterocycles. The molecule has 1 aromatic rings. The molecule has 0 saturated carbocycles. The average Bonchev–Trinajstić information content (AvgIpc) is 2.80. The summed E-state index contributed by atoms with van der Waals surface area (Å²) >= 11 is 4.42. The van der Waals surface area contributed by atoms with Crippen LogP contribution in [-0.4, -0.2) is 11.5 Å². The van der Waals surface area contributed by atoms with E-state index in [4.69, 9.17) is 0 Å². The highest BCUT2D eigenvalue weighted by atomic mass is 32.2. The molecule has 32 heavy (non-hydrogen) atoms. The minimum atomic E-state index is 1.25. The lowest BCUT2D eigenvalue weighted by molar-refractivity contribution is 0.550. The molecule has 0 N–H and O–H groups in total. The van der Waals surface area contributed by atoms with Gasteiger partial charge in [-0.3, -0.25) is 0 Å². The Hall–Kier alpha value is -0.0800. The van der Waals surface area contributed by atoms with E-state index in [9.17, 15) is 0 Å². The van der Waals surface area contributed by atoms with Crippen LogP contribution in [0.15, 0.2) is 12.1 Å². The molecule has 0 radical (unpaired) electrons. The van der Waals surface area contributed by atoms with Crippen molar-refractivity contribution in [2.75, 3.05) is 11.5 Å².